The number of methoxy groups -OCH3 is 1. The molecule has 3 heterocycles. The number of fused-ring (bicyclic) bond motifs is 2. The van der Waals surface area contributed by atoms with E-state index in [0.717, 1.165) is 37.1 Å². The Balaban J connectivity index is 1.20. The van der Waals surface area contributed by atoms with Crippen molar-refractivity contribution in [3.8, 4) is 5.75 Å². The third kappa shape index (κ3) is 5.18. The van der Waals surface area contributed by atoms with Crippen LogP contribution in [0.1, 0.15) is 57.5 Å². The van der Waals surface area contributed by atoms with Gasteiger partial charge in [-0.3, -0.25) is 9.59 Å². The lowest BCUT2D eigenvalue weighted by Crippen LogP contribution is -2.50. The summed E-state index contributed by atoms with van der Waals surface area (Å²) in [5, 5.41) is 6.21. The highest BCUT2D eigenvalue weighted by Crippen LogP contribution is 2.38. The van der Waals surface area contributed by atoms with Crippen LogP contribution in [0.3, 0.4) is 0 Å². The topological polar surface area (TPSA) is 83.6 Å². The van der Waals surface area contributed by atoms with Crippen molar-refractivity contribution in [3.63, 3.8) is 0 Å². The molecule has 2 N–H and O–H groups in total. The van der Waals surface area contributed by atoms with Crippen molar-refractivity contribution in [1.82, 2.24) is 15.6 Å². The monoisotopic (exact) mass is 536 g/mol. The Hall–Kier alpha value is -3.65. The number of hydrogen-bond acceptors (Lipinski definition) is 5. The van der Waals surface area contributed by atoms with E-state index in [-0.39, 0.29) is 47.1 Å². The normalized spacial score (nSPS) is 20.2. The van der Waals surface area contributed by atoms with Gasteiger partial charge in [0.15, 0.2) is 0 Å². The van der Waals surface area contributed by atoms with Gasteiger partial charge in [-0.25, -0.2) is 9.37 Å². The molecule has 2 aliphatic heterocycles. The predicted octanol–water partition coefficient (Wildman–Crippen LogP) is 5.05. The zero-order valence-electron chi connectivity index (χ0n) is 21.3. The first-order valence-electron chi connectivity index (χ1n) is 12.8. The van der Waals surface area contributed by atoms with E-state index in [4.69, 9.17) is 16.3 Å². The summed E-state index contributed by atoms with van der Waals surface area (Å²) in [4.78, 5) is 32.5. The number of nitrogens with one attached hydrogen (secondary N) is 2. The molecule has 7 nitrogen and oxygen atoms in total. The van der Waals surface area contributed by atoms with Gasteiger partial charge in [0.2, 0.25) is 0 Å². The summed E-state index contributed by atoms with van der Waals surface area (Å²) < 4.78 is 19.4. The second-order valence-corrected chi connectivity index (χ2v) is 10.3. The Morgan fingerprint density at radius 3 is 2.47 bits per heavy atom. The number of piperidine rings is 1. The minimum Gasteiger partial charge on any atom is -0.496 e. The third-order valence-electron chi connectivity index (χ3n) is 7.58. The molecule has 0 saturated carbocycles. The number of anilines is 1. The van der Waals surface area contributed by atoms with Crippen LogP contribution in [0.15, 0.2) is 54.7 Å². The van der Waals surface area contributed by atoms with E-state index in [9.17, 15) is 14.0 Å². The van der Waals surface area contributed by atoms with Gasteiger partial charge in [0, 0.05) is 52.6 Å². The Morgan fingerprint density at radius 1 is 1.08 bits per heavy atom. The van der Waals surface area contributed by atoms with Gasteiger partial charge in [0.1, 0.15) is 17.4 Å². The Kier molecular flexibility index (Phi) is 7.51. The number of carbonyl (C=O) groups excluding carboxylic acids is 2. The molecule has 2 fully saturated rings. The number of rotatable bonds is 7. The van der Waals surface area contributed by atoms with E-state index in [0.29, 0.717) is 16.9 Å². The van der Waals surface area contributed by atoms with Crippen LogP contribution in [-0.2, 0) is 6.54 Å². The molecule has 5 rings (SSSR count). The molecule has 0 spiro atoms. The van der Waals surface area contributed by atoms with E-state index >= 15 is 0 Å². The first-order chi connectivity index (χ1) is 18.4. The lowest BCUT2D eigenvalue weighted by atomic mass is 9.96. The van der Waals surface area contributed by atoms with E-state index in [2.05, 4.69) is 20.5 Å². The summed E-state index contributed by atoms with van der Waals surface area (Å²) in [5.74, 6) is 0.636. The quantitative estimate of drug-likeness (QED) is 0.441. The van der Waals surface area contributed by atoms with Crippen molar-refractivity contribution in [2.24, 2.45) is 0 Å². The van der Waals surface area contributed by atoms with E-state index < -0.39 is 5.82 Å². The minimum absolute atomic E-state index is 0.00917. The molecule has 3 aromatic rings. The number of ether oxygens (including phenoxy) is 1. The van der Waals surface area contributed by atoms with Gasteiger partial charge in [-0.2, -0.15) is 0 Å². The summed E-state index contributed by atoms with van der Waals surface area (Å²) in [5.41, 5.74) is 2.11. The number of aromatic nitrogens is 1. The van der Waals surface area contributed by atoms with Crippen molar-refractivity contribution >= 4 is 29.2 Å². The Bertz CT molecular complexity index is 1320. The Morgan fingerprint density at radius 2 is 1.82 bits per heavy atom. The summed E-state index contributed by atoms with van der Waals surface area (Å²) in [7, 11) is 1.60. The van der Waals surface area contributed by atoms with Crippen molar-refractivity contribution in [2.45, 2.75) is 57.3 Å². The maximum atomic E-state index is 14.0. The highest BCUT2D eigenvalue weighted by Gasteiger charge is 2.42. The predicted molar refractivity (Wildman–Crippen MR) is 144 cm³/mol. The Labute approximate surface area is 226 Å². The van der Waals surface area contributed by atoms with E-state index in [1.807, 2.05) is 31.2 Å². The number of hydrogen-bond donors (Lipinski definition) is 2. The van der Waals surface area contributed by atoms with Gasteiger partial charge in [-0.1, -0.05) is 23.7 Å². The molecular formula is C29H30ClFN4O3. The SMILES string of the molecule is COc1cccc(C(=O)NC2CC3CCC(C2)N3c2ccc(C(=O)NCc3c(F)cccc3Cl)cn2)c1C. The highest BCUT2D eigenvalue weighted by molar-refractivity contribution is 6.31. The molecule has 1 aromatic heterocycles. The molecule has 2 bridgehead atoms. The number of amides is 2. The zero-order valence-corrected chi connectivity index (χ0v) is 22.1. The standard InChI is InChI=1S/C29H30ClFN4O3/c1-17-22(5-3-8-26(17)38-2)29(37)34-19-13-20-10-11-21(14-19)35(20)27-12-9-18(15-32-27)28(36)33-16-23-24(30)6-4-7-25(23)31/h3-9,12,15,19-21H,10-11,13-14,16H2,1-2H3,(H,33,36)(H,34,37). The zero-order chi connectivity index (χ0) is 26.8. The van der Waals surface area contributed by atoms with Crippen LogP contribution in [0.25, 0.3) is 0 Å². The van der Waals surface area contributed by atoms with Crippen molar-refractivity contribution in [1.29, 1.82) is 0 Å². The maximum Gasteiger partial charge on any atom is 0.253 e. The number of nitrogens with zero attached hydrogens (tertiary/aromatic N) is 2. The smallest absolute Gasteiger partial charge is 0.253 e. The van der Waals surface area contributed by atoms with Crippen LogP contribution in [-0.4, -0.2) is 42.0 Å². The van der Waals surface area contributed by atoms with Crippen LogP contribution < -0.4 is 20.3 Å². The molecule has 2 aliphatic rings. The van der Waals surface area contributed by atoms with Gasteiger partial charge in [0.25, 0.3) is 11.8 Å². The molecule has 2 amide bonds. The average Bonchev–Trinajstić information content (AvgIpc) is 3.18. The molecule has 9 heteroatoms. The lowest BCUT2D eigenvalue weighted by Gasteiger charge is -2.40. The van der Waals surface area contributed by atoms with Crippen LogP contribution in [0.5, 0.6) is 5.75 Å². The first kappa shape index (κ1) is 26.0. The molecule has 2 atom stereocenters. The summed E-state index contributed by atoms with van der Waals surface area (Å²) in [6.45, 7) is 1.88. The molecule has 38 heavy (non-hydrogen) atoms. The molecule has 0 radical (unpaired) electrons. The number of benzene rings is 2. The fraction of sp³-hybridized carbons (Fsp3) is 0.345. The van der Waals surface area contributed by atoms with Gasteiger partial charge in [-0.15, -0.1) is 0 Å². The highest BCUT2D eigenvalue weighted by atomic mass is 35.5. The van der Waals surface area contributed by atoms with Crippen molar-refractivity contribution < 1.29 is 18.7 Å². The molecule has 2 saturated heterocycles. The van der Waals surface area contributed by atoms with E-state index in [1.165, 1.54) is 12.1 Å². The summed E-state index contributed by atoms with van der Waals surface area (Å²) >= 11 is 6.05. The fourth-order valence-corrected chi connectivity index (χ4v) is 5.89. The second kappa shape index (κ2) is 11.0. The van der Waals surface area contributed by atoms with Crippen LogP contribution in [0, 0.1) is 12.7 Å². The number of halogens is 2. The average molecular weight is 537 g/mol. The van der Waals surface area contributed by atoms with Crippen molar-refractivity contribution in [2.75, 3.05) is 12.0 Å². The number of carbonyl (C=O) groups is 2. The third-order valence-corrected chi connectivity index (χ3v) is 7.93. The molecule has 2 aromatic carbocycles. The van der Waals surface area contributed by atoms with Crippen molar-refractivity contribution in [3.05, 3.63) is 87.8 Å². The lowest BCUT2D eigenvalue weighted by molar-refractivity contribution is 0.0923. The second-order valence-electron chi connectivity index (χ2n) is 9.85. The van der Waals surface area contributed by atoms with Crippen LogP contribution >= 0.6 is 11.6 Å². The van der Waals surface area contributed by atoms with Gasteiger partial charge < -0.3 is 20.3 Å². The largest absolute Gasteiger partial charge is 0.496 e. The van der Waals surface area contributed by atoms with Gasteiger partial charge >= 0.3 is 0 Å². The van der Waals surface area contributed by atoms with Gasteiger partial charge in [0.05, 0.1) is 12.7 Å². The van der Waals surface area contributed by atoms with E-state index in [1.54, 1.807) is 25.4 Å². The molecule has 2 unspecified atom stereocenters. The first-order valence-corrected chi connectivity index (χ1v) is 13.1. The summed E-state index contributed by atoms with van der Waals surface area (Å²) in [6, 6.07) is 14.1. The van der Waals surface area contributed by atoms with Crippen LogP contribution in [0.2, 0.25) is 5.02 Å². The molecular weight excluding hydrogens is 507 g/mol. The minimum atomic E-state index is -0.458. The maximum absolute atomic E-state index is 14.0. The number of pyridine rings is 1. The summed E-state index contributed by atoms with van der Waals surface area (Å²) in [6.07, 6.45) is 5.27. The molecule has 198 valence electrons. The van der Waals surface area contributed by atoms with Crippen LogP contribution in [0.4, 0.5) is 10.2 Å². The fourth-order valence-electron chi connectivity index (χ4n) is 5.66. The van der Waals surface area contributed by atoms with Gasteiger partial charge in [-0.05, 0) is 69.0 Å². The molecule has 0 aliphatic carbocycles.